The molecule has 0 aromatic carbocycles. The highest BCUT2D eigenvalue weighted by molar-refractivity contribution is 5.87. The summed E-state index contributed by atoms with van der Waals surface area (Å²) < 4.78 is 5.28. The molecule has 2 amide bonds. The number of hydrogen-bond acceptors (Lipinski definition) is 4. The lowest BCUT2D eigenvalue weighted by Crippen LogP contribution is -2.39. The third-order valence-electron chi connectivity index (χ3n) is 2.12. The van der Waals surface area contributed by atoms with Gasteiger partial charge in [0.2, 0.25) is 5.91 Å². The number of ether oxygens (including phenoxy) is 1. The second-order valence-electron chi connectivity index (χ2n) is 5.04. The van der Waals surface area contributed by atoms with Crippen LogP contribution in [0.2, 0.25) is 0 Å². The highest BCUT2D eigenvalue weighted by Gasteiger charge is 2.24. The van der Waals surface area contributed by atoms with Crippen molar-refractivity contribution >= 4 is 17.8 Å². The van der Waals surface area contributed by atoms with E-state index in [1.807, 2.05) is 0 Å². The Morgan fingerprint density at radius 2 is 2.05 bits per heavy atom. The summed E-state index contributed by atoms with van der Waals surface area (Å²) in [6.45, 7) is 5.46. The van der Waals surface area contributed by atoms with Crippen molar-refractivity contribution in [3.05, 3.63) is 24.4 Å². The van der Waals surface area contributed by atoms with Gasteiger partial charge in [0.25, 0.3) is 0 Å². The van der Waals surface area contributed by atoms with E-state index in [1.165, 1.54) is 4.90 Å². The van der Waals surface area contributed by atoms with E-state index in [9.17, 15) is 9.59 Å². The van der Waals surface area contributed by atoms with Gasteiger partial charge in [0.15, 0.2) is 0 Å². The molecule has 0 unspecified atom stereocenters. The summed E-state index contributed by atoms with van der Waals surface area (Å²) in [7, 11) is 0. The van der Waals surface area contributed by atoms with Crippen molar-refractivity contribution in [2.75, 3.05) is 11.4 Å². The molecule has 6 nitrogen and oxygen atoms in total. The molecule has 1 heterocycles. The van der Waals surface area contributed by atoms with Gasteiger partial charge >= 0.3 is 6.09 Å². The van der Waals surface area contributed by atoms with E-state index in [1.54, 1.807) is 45.2 Å². The van der Waals surface area contributed by atoms with Crippen molar-refractivity contribution in [3.63, 3.8) is 0 Å². The largest absolute Gasteiger partial charge is 0.443 e. The zero-order chi connectivity index (χ0) is 14.5. The first kappa shape index (κ1) is 14.9. The molecule has 0 aliphatic carbocycles. The standard InChI is InChI=1S/C13H19N3O3/c1-13(2,3)19-12(18)16(9-7-10(14)17)11-6-4-5-8-15-11/h4-6,8H,7,9H2,1-3H3,(H2,14,17). The summed E-state index contributed by atoms with van der Waals surface area (Å²) in [6, 6.07) is 5.17. The molecular formula is C13H19N3O3. The average molecular weight is 265 g/mol. The maximum absolute atomic E-state index is 12.1. The van der Waals surface area contributed by atoms with Gasteiger partial charge in [0, 0.05) is 19.2 Å². The molecule has 0 saturated heterocycles. The van der Waals surface area contributed by atoms with Crippen LogP contribution in [0.5, 0.6) is 0 Å². The highest BCUT2D eigenvalue weighted by Crippen LogP contribution is 2.15. The minimum Gasteiger partial charge on any atom is -0.443 e. The summed E-state index contributed by atoms with van der Waals surface area (Å²) >= 11 is 0. The van der Waals surface area contributed by atoms with Crippen LogP contribution in [0, 0.1) is 0 Å². The van der Waals surface area contributed by atoms with E-state index in [-0.39, 0.29) is 13.0 Å². The third kappa shape index (κ3) is 5.37. The summed E-state index contributed by atoms with van der Waals surface area (Å²) in [4.78, 5) is 28.3. The Kier molecular flexibility index (Phi) is 4.86. The van der Waals surface area contributed by atoms with E-state index >= 15 is 0 Å². The molecule has 2 N–H and O–H groups in total. The number of hydrogen-bond donors (Lipinski definition) is 1. The molecule has 0 fully saturated rings. The van der Waals surface area contributed by atoms with Gasteiger partial charge in [-0.05, 0) is 32.9 Å². The maximum Gasteiger partial charge on any atom is 0.416 e. The first-order chi connectivity index (χ1) is 8.79. The van der Waals surface area contributed by atoms with E-state index in [4.69, 9.17) is 10.5 Å². The quantitative estimate of drug-likeness (QED) is 0.897. The lowest BCUT2D eigenvalue weighted by atomic mass is 10.2. The number of rotatable bonds is 4. The van der Waals surface area contributed by atoms with Crippen LogP contribution in [-0.4, -0.2) is 29.1 Å². The zero-order valence-corrected chi connectivity index (χ0v) is 11.4. The van der Waals surface area contributed by atoms with Gasteiger partial charge in [-0.3, -0.25) is 9.69 Å². The van der Waals surface area contributed by atoms with E-state index in [0.717, 1.165) is 0 Å². The first-order valence-electron chi connectivity index (χ1n) is 5.99. The number of anilines is 1. The van der Waals surface area contributed by atoms with Crippen molar-refractivity contribution in [1.82, 2.24) is 4.98 Å². The second-order valence-corrected chi connectivity index (χ2v) is 5.04. The fraction of sp³-hybridized carbons (Fsp3) is 0.462. The Morgan fingerprint density at radius 3 is 2.53 bits per heavy atom. The number of nitrogens with zero attached hydrogens (tertiary/aromatic N) is 2. The Morgan fingerprint density at radius 1 is 1.37 bits per heavy atom. The Balaban J connectivity index is 2.86. The highest BCUT2D eigenvalue weighted by atomic mass is 16.6. The molecule has 6 heteroatoms. The molecule has 0 bridgehead atoms. The van der Waals surface area contributed by atoms with Gasteiger partial charge in [0.1, 0.15) is 11.4 Å². The second kappa shape index (κ2) is 6.17. The number of aromatic nitrogens is 1. The lowest BCUT2D eigenvalue weighted by Gasteiger charge is -2.26. The molecule has 0 aliphatic heterocycles. The van der Waals surface area contributed by atoms with Crippen molar-refractivity contribution in [2.24, 2.45) is 5.73 Å². The van der Waals surface area contributed by atoms with Crippen LogP contribution in [0.4, 0.5) is 10.6 Å². The maximum atomic E-state index is 12.1. The number of primary amides is 1. The SMILES string of the molecule is CC(C)(C)OC(=O)N(CCC(N)=O)c1ccccn1. The fourth-order valence-electron chi connectivity index (χ4n) is 1.35. The van der Waals surface area contributed by atoms with Gasteiger partial charge in [-0.2, -0.15) is 0 Å². The van der Waals surface area contributed by atoms with Crippen LogP contribution in [0.25, 0.3) is 0 Å². The number of amides is 2. The van der Waals surface area contributed by atoms with Gasteiger partial charge in [-0.1, -0.05) is 6.07 Å². The van der Waals surface area contributed by atoms with E-state index in [2.05, 4.69) is 4.98 Å². The Bertz CT molecular complexity index is 440. The minimum atomic E-state index is -0.614. The van der Waals surface area contributed by atoms with Gasteiger partial charge < -0.3 is 10.5 Å². The number of pyridine rings is 1. The van der Waals surface area contributed by atoms with E-state index in [0.29, 0.717) is 5.82 Å². The van der Waals surface area contributed by atoms with Crippen LogP contribution in [0.1, 0.15) is 27.2 Å². The molecule has 0 radical (unpaired) electrons. The molecule has 0 atom stereocenters. The predicted molar refractivity (Wildman–Crippen MR) is 71.6 cm³/mol. The molecule has 0 saturated carbocycles. The molecular weight excluding hydrogens is 246 g/mol. The van der Waals surface area contributed by atoms with Crippen molar-refractivity contribution in [2.45, 2.75) is 32.8 Å². The van der Waals surface area contributed by atoms with Crippen molar-refractivity contribution in [1.29, 1.82) is 0 Å². The lowest BCUT2D eigenvalue weighted by molar-refractivity contribution is -0.117. The summed E-state index contributed by atoms with van der Waals surface area (Å²) in [5.41, 5.74) is 4.49. The number of nitrogens with two attached hydrogens (primary N) is 1. The summed E-state index contributed by atoms with van der Waals surface area (Å²) in [6.07, 6.45) is 1.07. The van der Waals surface area contributed by atoms with Crippen molar-refractivity contribution in [3.8, 4) is 0 Å². The van der Waals surface area contributed by atoms with Crippen LogP contribution in [0.3, 0.4) is 0 Å². The smallest absolute Gasteiger partial charge is 0.416 e. The van der Waals surface area contributed by atoms with E-state index < -0.39 is 17.6 Å². The van der Waals surface area contributed by atoms with Crippen LogP contribution >= 0.6 is 0 Å². The predicted octanol–water partition coefficient (Wildman–Crippen LogP) is 1.70. The van der Waals surface area contributed by atoms with Crippen molar-refractivity contribution < 1.29 is 14.3 Å². The molecule has 1 aromatic heterocycles. The normalized spacial score (nSPS) is 10.9. The number of carbonyl (C=O) groups is 2. The molecule has 1 rings (SSSR count). The van der Waals surface area contributed by atoms with Crippen LogP contribution < -0.4 is 10.6 Å². The van der Waals surface area contributed by atoms with Crippen LogP contribution in [-0.2, 0) is 9.53 Å². The number of carbonyl (C=O) groups excluding carboxylic acids is 2. The zero-order valence-electron chi connectivity index (χ0n) is 11.4. The monoisotopic (exact) mass is 265 g/mol. The molecule has 1 aromatic rings. The third-order valence-corrected chi connectivity index (χ3v) is 2.12. The molecule has 19 heavy (non-hydrogen) atoms. The average Bonchev–Trinajstić information content (AvgIpc) is 2.27. The molecule has 104 valence electrons. The molecule has 0 aliphatic rings. The Hall–Kier alpha value is -2.11. The topological polar surface area (TPSA) is 85.5 Å². The summed E-state index contributed by atoms with van der Waals surface area (Å²) in [5, 5.41) is 0. The van der Waals surface area contributed by atoms with Gasteiger partial charge in [0.05, 0.1) is 0 Å². The summed E-state index contributed by atoms with van der Waals surface area (Å²) in [5.74, 6) is -0.0533. The Labute approximate surface area is 112 Å². The minimum absolute atomic E-state index is 0.0514. The van der Waals surface area contributed by atoms with Crippen LogP contribution in [0.15, 0.2) is 24.4 Å². The first-order valence-corrected chi connectivity index (χ1v) is 5.99. The fourth-order valence-corrected chi connectivity index (χ4v) is 1.35. The van der Waals surface area contributed by atoms with Gasteiger partial charge in [-0.15, -0.1) is 0 Å². The van der Waals surface area contributed by atoms with Gasteiger partial charge in [-0.25, -0.2) is 9.78 Å². The molecule has 0 spiro atoms.